The maximum absolute atomic E-state index is 15.2. The predicted octanol–water partition coefficient (Wildman–Crippen LogP) is 3.47. The topological polar surface area (TPSA) is 108 Å². The second-order valence-electron chi connectivity index (χ2n) is 8.98. The Bertz CT molecular complexity index is 1170. The van der Waals surface area contributed by atoms with E-state index >= 15 is 4.39 Å². The largest absolute Gasteiger partial charge is 0.354 e. The molecule has 3 aliphatic rings. The average Bonchev–Trinajstić information content (AvgIpc) is 3.70. The quantitative estimate of drug-likeness (QED) is 0.515. The first-order chi connectivity index (χ1) is 15.8. The number of halogens is 2. The van der Waals surface area contributed by atoms with Crippen molar-refractivity contribution in [2.24, 2.45) is 4.99 Å². The Morgan fingerprint density at radius 2 is 1.97 bits per heavy atom. The van der Waals surface area contributed by atoms with Crippen LogP contribution in [0.5, 0.6) is 0 Å². The fourth-order valence-electron chi connectivity index (χ4n) is 3.75. The highest BCUT2D eigenvalue weighted by molar-refractivity contribution is 6.36. The lowest BCUT2D eigenvalue weighted by Crippen LogP contribution is -2.34. The molecule has 172 valence electrons. The Morgan fingerprint density at radius 1 is 1.24 bits per heavy atom. The highest BCUT2D eigenvalue weighted by Gasteiger charge is 2.39. The lowest BCUT2D eigenvalue weighted by Gasteiger charge is -2.17. The number of hydrogen-bond donors (Lipinski definition) is 4. The van der Waals surface area contributed by atoms with Gasteiger partial charge in [-0.3, -0.25) is 9.59 Å². The first kappa shape index (κ1) is 21.6. The molecule has 5 rings (SSSR count). The summed E-state index contributed by atoms with van der Waals surface area (Å²) >= 11 is 6.49. The maximum Gasteiger partial charge on any atom is 0.280 e. The van der Waals surface area contributed by atoms with Crippen molar-refractivity contribution in [1.29, 1.82) is 0 Å². The van der Waals surface area contributed by atoms with Gasteiger partial charge >= 0.3 is 0 Å². The molecular weight excluding hydrogens is 447 g/mol. The summed E-state index contributed by atoms with van der Waals surface area (Å²) in [6.07, 6.45) is 5.09. The van der Waals surface area contributed by atoms with Crippen LogP contribution in [0.1, 0.15) is 64.9 Å². The molecule has 0 bridgehead atoms. The van der Waals surface area contributed by atoms with Gasteiger partial charge in [-0.25, -0.2) is 9.37 Å². The summed E-state index contributed by atoms with van der Waals surface area (Å²) in [7, 11) is 0. The number of nitrogens with one attached hydrogen (secondary N) is 4. The number of aliphatic imine (C=N–C) groups is 1. The van der Waals surface area contributed by atoms with Crippen LogP contribution in [0.25, 0.3) is 0 Å². The molecule has 4 N–H and O–H groups in total. The minimum atomic E-state index is -0.584. The Balaban J connectivity index is 1.44. The van der Waals surface area contributed by atoms with E-state index in [2.05, 4.69) is 31.2 Å². The number of rotatable bonds is 6. The zero-order chi connectivity index (χ0) is 23.2. The summed E-state index contributed by atoms with van der Waals surface area (Å²) in [6.45, 7) is 3.33. The molecule has 2 aromatic rings. The van der Waals surface area contributed by atoms with Crippen molar-refractivity contribution in [2.45, 2.75) is 44.1 Å². The number of anilines is 2. The van der Waals surface area contributed by atoms with Crippen LogP contribution >= 0.6 is 11.6 Å². The molecule has 2 heterocycles. The number of hydrogen-bond acceptors (Lipinski definition) is 4. The number of aromatic nitrogens is 1. The van der Waals surface area contributed by atoms with Crippen LogP contribution in [-0.2, 0) is 0 Å². The first-order valence-corrected chi connectivity index (χ1v) is 11.4. The summed E-state index contributed by atoms with van der Waals surface area (Å²) in [5.74, 6) is -0.928. The lowest BCUT2D eigenvalue weighted by molar-refractivity contribution is 0.0929. The highest BCUT2D eigenvalue weighted by Crippen LogP contribution is 2.46. The van der Waals surface area contributed by atoms with Crippen molar-refractivity contribution in [1.82, 2.24) is 20.9 Å². The number of benzene rings is 1. The van der Waals surface area contributed by atoms with Gasteiger partial charge in [0.25, 0.3) is 11.8 Å². The predicted molar refractivity (Wildman–Crippen MR) is 124 cm³/mol. The molecule has 10 heteroatoms. The number of amides is 2. The van der Waals surface area contributed by atoms with Gasteiger partial charge in [0.2, 0.25) is 0 Å². The van der Waals surface area contributed by atoms with Crippen molar-refractivity contribution in [3.63, 3.8) is 0 Å². The third-order valence-electron chi connectivity index (χ3n) is 6.09. The molecule has 0 spiro atoms. The van der Waals surface area contributed by atoms with Gasteiger partial charge < -0.3 is 21.3 Å². The summed E-state index contributed by atoms with van der Waals surface area (Å²) in [4.78, 5) is 33.3. The molecule has 1 aromatic carbocycles. The first-order valence-electron chi connectivity index (χ1n) is 11.0. The summed E-state index contributed by atoms with van der Waals surface area (Å²) in [6, 6.07) is 4.45. The SMILES string of the molecule is CC1(NC(=O)c2nccc(Nc3c(F)cc(C(=O)N=C4NCCN4)cc3C3CC3)c2Cl)CC1. The van der Waals surface area contributed by atoms with Crippen LogP contribution < -0.4 is 21.3 Å². The summed E-state index contributed by atoms with van der Waals surface area (Å²) in [5.41, 5.74) is 1.36. The van der Waals surface area contributed by atoms with E-state index in [1.807, 2.05) is 6.92 Å². The number of nitrogens with zero attached hydrogens (tertiary/aromatic N) is 2. The van der Waals surface area contributed by atoms with Gasteiger partial charge in [0.15, 0.2) is 5.96 Å². The zero-order valence-electron chi connectivity index (χ0n) is 18.1. The fraction of sp³-hybridized carbons (Fsp3) is 0.391. The van der Waals surface area contributed by atoms with Gasteiger partial charge in [-0.05, 0) is 62.3 Å². The van der Waals surface area contributed by atoms with Crippen molar-refractivity contribution in [3.05, 3.63) is 52.1 Å². The summed E-state index contributed by atoms with van der Waals surface area (Å²) < 4.78 is 15.2. The van der Waals surface area contributed by atoms with Crippen molar-refractivity contribution in [2.75, 3.05) is 18.4 Å². The van der Waals surface area contributed by atoms with Gasteiger partial charge in [0, 0.05) is 30.4 Å². The van der Waals surface area contributed by atoms with Crippen molar-refractivity contribution < 1.29 is 14.0 Å². The molecule has 0 unspecified atom stereocenters. The van der Waals surface area contributed by atoms with E-state index in [0.717, 1.165) is 25.7 Å². The molecule has 2 aliphatic carbocycles. The maximum atomic E-state index is 15.2. The normalized spacial score (nSPS) is 18.2. The molecular formula is C23H24ClFN6O2. The van der Waals surface area contributed by atoms with Crippen LogP contribution in [0.2, 0.25) is 5.02 Å². The lowest BCUT2D eigenvalue weighted by atomic mass is 10.0. The number of pyridine rings is 1. The van der Waals surface area contributed by atoms with E-state index in [0.29, 0.717) is 30.3 Å². The van der Waals surface area contributed by atoms with E-state index < -0.39 is 11.7 Å². The van der Waals surface area contributed by atoms with Crippen molar-refractivity contribution >= 4 is 40.7 Å². The van der Waals surface area contributed by atoms with E-state index in [-0.39, 0.29) is 39.3 Å². The van der Waals surface area contributed by atoms with Gasteiger partial charge in [-0.2, -0.15) is 4.99 Å². The van der Waals surface area contributed by atoms with E-state index in [4.69, 9.17) is 11.6 Å². The molecule has 33 heavy (non-hydrogen) atoms. The Morgan fingerprint density at radius 3 is 2.64 bits per heavy atom. The molecule has 2 saturated carbocycles. The molecule has 0 radical (unpaired) electrons. The third-order valence-corrected chi connectivity index (χ3v) is 6.47. The van der Waals surface area contributed by atoms with Crippen LogP contribution in [0.3, 0.4) is 0 Å². The second kappa shape index (κ2) is 8.30. The second-order valence-corrected chi connectivity index (χ2v) is 9.35. The van der Waals surface area contributed by atoms with E-state index in [9.17, 15) is 9.59 Å². The fourth-order valence-corrected chi connectivity index (χ4v) is 3.99. The van der Waals surface area contributed by atoms with Crippen LogP contribution in [0, 0.1) is 5.82 Å². The molecule has 1 aliphatic heterocycles. The van der Waals surface area contributed by atoms with E-state index in [1.165, 1.54) is 12.3 Å². The Labute approximate surface area is 195 Å². The minimum absolute atomic E-state index is 0.0855. The monoisotopic (exact) mass is 470 g/mol. The van der Waals surface area contributed by atoms with Gasteiger partial charge in [-0.1, -0.05) is 11.6 Å². The molecule has 8 nitrogen and oxygen atoms in total. The standard InChI is InChI=1S/C23H24ClFN6O2/c1-23(5-6-23)31-21(33)19-17(24)16(4-7-26-19)29-18-14(12-2-3-12)10-13(11-15(18)25)20(32)30-22-27-8-9-28-22/h4,7,10-12H,2-3,5-6,8-9H2,1H3,(H,26,29)(H,31,33)(H2,27,28,30,32). The molecule has 1 aromatic heterocycles. The van der Waals surface area contributed by atoms with Crippen molar-refractivity contribution in [3.8, 4) is 0 Å². The number of carbonyl (C=O) groups is 2. The molecule has 1 saturated heterocycles. The van der Waals surface area contributed by atoms with E-state index in [1.54, 1.807) is 12.1 Å². The third kappa shape index (κ3) is 4.64. The Hall–Kier alpha value is -3.20. The summed E-state index contributed by atoms with van der Waals surface area (Å²) in [5, 5.41) is 12.0. The molecule has 2 amide bonds. The highest BCUT2D eigenvalue weighted by atomic mass is 35.5. The van der Waals surface area contributed by atoms with Crippen LogP contribution in [0.4, 0.5) is 15.8 Å². The molecule has 0 atom stereocenters. The Kier molecular flexibility index (Phi) is 5.44. The minimum Gasteiger partial charge on any atom is -0.354 e. The van der Waals surface area contributed by atoms with Crippen LogP contribution in [-0.4, -0.2) is 41.4 Å². The van der Waals surface area contributed by atoms with Crippen LogP contribution in [0.15, 0.2) is 29.4 Å². The van der Waals surface area contributed by atoms with Gasteiger partial charge in [0.1, 0.15) is 11.5 Å². The van der Waals surface area contributed by atoms with Gasteiger partial charge in [-0.15, -0.1) is 0 Å². The number of guanidine groups is 1. The number of carbonyl (C=O) groups excluding carboxylic acids is 2. The average molecular weight is 471 g/mol. The smallest absolute Gasteiger partial charge is 0.280 e. The molecule has 3 fully saturated rings. The zero-order valence-corrected chi connectivity index (χ0v) is 18.9. The van der Waals surface area contributed by atoms with Gasteiger partial charge in [0.05, 0.1) is 16.4 Å².